The first-order chi connectivity index (χ1) is 7.31. The van der Waals surface area contributed by atoms with Crippen LogP contribution in [0.3, 0.4) is 0 Å². The van der Waals surface area contributed by atoms with E-state index in [-0.39, 0.29) is 12.5 Å². The molecule has 0 saturated heterocycles. The van der Waals surface area contributed by atoms with Gasteiger partial charge in [0.15, 0.2) is 5.83 Å². The first-order valence-electron chi connectivity index (χ1n) is 4.96. The summed E-state index contributed by atoms with van der Waals surface area (Å²) in [6.07, 6.45) is 1.81. The normalized spacial score (nSPS) is 17.9. The Kier molecular flexibility index (Phi) is 4.03. The first-order valence-corrected chi connectivity index (χ1v) is 6.67. The number of rotatable bonds is 5. The third-order valence-electron chi connectivity index (χ3n) is 2.41. The van der Waals surface area contributed by atoms with Crippen LogP contribution in [0.5, 0.6) is 0 Å². The molecule has 1 saturated carbocycles. The van der Waals surface area contributed by atoms with E-state index in [1.54, 1.807) is 6.92 Å². The van der Waals surface area contributed by atoms with Gasteiger partial charge in [0, 0.05) is 6.54 Å². The lowest BCUT2D eigenvalue weighted by Crippen LogP contribution is -2.32. The van der Waals surface area contributed by atoms with E-state index in [4.69, 9.17) is 5.14 Å². The van der Waals surface area contributed by atoms with Crippen molar-refractivity contribution in [1.82, 2.24) is 5.32 Å². The van der Waals surface area contributed by atoms with Gasteiger partial charge in [-0.25, -0.2) is 17.9 Å². The molecule has 0 radical (unpaired) electrons. The molecule has 0 aromatic rings. The number of halogens is 1. The second-order valence-electron chi connectivity index (χ2n) is 3.89. The molecule has 0 spiro atoms. The fourth-order valence-corrected chi connectivity index (χ4v) is 1.65. The highest BCUT2D eigenvalue weighted by atomic mass is 32.2. The molecule has 0 aromatic heterocycles. The maximum atomic E-state index is 13.4. The summed E-state index contributed by atoms with van der Waals surface area (Å²) in [5, 5.41) is 6.90. The molecule has 0 aromatic carbocycles. The number of nitrogens with one attached hydrogen (secondary N) is 1. The van der Waals surface area contributed by atoms with Crippen LogP contribution >= 0.6 is 0 Å². The summed E-state index contributed by atoms with van der Waals surface area (Å²) >= 11 is 0. The summed E-state index contributed by atoms with van der Waals surface area (Å²) in [5.41, 5.74) is 0.438. The van der Waals surface area contributed by atoms with E-state index in [0.29, 0.717) is 5.57 Å². The largest absolute Gasteiger partial charge is 0.349 e. The number of hydrogen-bond acceptors (Lipinski definition) is 3. The lowest BCUT2D eigenvalue weighted by atomic mass is 10.1. The quantitative estimate of drug-likeness (QED) is 0.675. The van der Waals surface area contributed by atoms with Gasteiger partial charge in [-0.1, -0.05) is 0 Å². The number of carbonyl (C=O) groups excluding carboxylic acids is 1. The first kappa shape index (κ1) is 13.1. The Labute approximate surface area is 93.9 Å². The molecule has 0 atom stereocenters. The zero-order valence-electron chi connectivity index (χ0n) is 8.99. The number of primary sulfonamides is 1. The molecule has 1 aliphatic rings. The molecule has 7 heteroatoms. The molecule has 92 valence electrons. The zero-order valence-corrected chi connectivity index (χ0v) is 9.81. The number of amides is 1. The smallest absolute Gasteiger partial charge is 0.280 e. The van der Waals surface area contributed by atoms with Crippen molar-refractivity contribution in [2.45, 2.75) is 19.8 Å². The van der Waals surface area contributed by atoms with Crippen molar-refractivity contribution in [3.8, 4) is 0 Å². The van der Waals surface area contributed by atoms with Crippen LogP contribution in [0.4, 0.5) is 4.39 Å². The minimum atomic E-state index is -3.62. The van der Waals surface area contributed by atoms with E-state index in [0.717, 1.165) is 12.8 Å². The molecule has 5 nitrogen and oxygen atoms in total. The van der Waals surface area contributed by atoms with Gasteiger partial charge in [0.2, 0.25) is 10.0 Å². The van der Waals surface area contributed by atoms with Crippen LogP contribution in [-0.2, 0) is 14.8 Å². The van der Waals surface area contributed by atoms with Gasteiger partial charge in [0.25, 0.3) is 5.91 Å². The average Bonchev–Trinajstić information content (AvgIpc) is 2.96. The monoisotopic (exact) mass is 250 g/mol. The van der Waals surface area contributed by atoms with E-state index in [1.165, 1.54) is 0 Å². The SMILES string of the molecule is CC(=C(F)C(=O)NCCS(N)(=O)=O)C1CC1. The number of nitrogens with two attached hydrogens (primary N) is 1. The highest BCUT2D eigenvalue weighted by molar-refractivity contribution is 7.89. The van der Waals surface area contributed by atoms with Gasteiger partial charge in [0.1, 0.15) is 0 Å². The summed E-state index contributed by atoms with van der Waals surface area (Å²) in [4.78, 5) is 11.2. The van der Waals surface area contributed by atoms with Crippen molar-refractivity contribution >= 4 is 15.9 Å². The van der Waals surface area contributed by atoms with Gasteiger partial charge >= 0.3 is 0 Å². The Morgan fingerprint density at radius 2 is 2.06 bits per heavy atom. The standard InChI is InChI=1S/C9H15FN2O3S/c1-6(7-2-3-7)8(10)9(13)12-4-5-16(11,14)15/h7H,2-5H2,1H3,(H,12,13)(H2,11,14,15). The molecule has 1 amide bonds. The van der Waals surface area contributed by atoms with E-state index >= 15 is 0 Å². The van der Waals surface area contributed by atoms with Gasteiger partial charge in [-0.05, 0) is 31.3 Å². The van der Waals surface area contributed by atoms with Crippen LogP contribution in [0.15, 0.2) is 11.4 Å². The molecule has 0 unspecified atom stereocenters. The maximum Gasteiger partial charge on any atom is 0.280 e. The number of carbonyl (C=O) groups is 1. The minimum absolute atomic E-state index is 0.170. The summed E-state index contributed by atoms with van der Waals surface area (Å²) in [7, 11) is -3.62. The van der Waals surface area contributed by atoms with E-state index < -0.39 is 27.5 Å². The molecule has 1 rings (SSSR count). The molecular weight excluding hydrogens is 235 g/mol. The molecule has 0 aliphatic heterocycles. The molecule has 1 aliphatic carbocycles. The Bertz CT molecular complexity index is 412. The molecular formula is C9H15FN2O3S. The van der Waals surface area contributed by atoms with Gasteiger partial charge < -0.3 is 5.32 Å². The van der Waals surface area contributed by atoms with Crippen LogP contribution in [0, 0.1) is 5.92 Å². The molecule has 0 bridgehead atoms. The van der Waals surface area contributed by atoms with Crippen molar-refractivity contribution in [3.63, 3.8) is 0 Å². The minimum Gasteiger partial charge on any atom is -0.349 e. The Morgan fingerprint density at radius 1 is 1.50 bits per heavy atom. The van der Waals surface area contributed by atoms with Crippen LogP contribution in [0.2, 0.25) is 0 Å². The van der Waals surface area contributed by atoms with E-state index in [2.05, 4.69) is 5.32 Å². The predicted octanol–water partition coefficient (Wildman–Crippen LogP) is 0.0446. The Hall–Kier alpha value is -0.950. The van der Waals surface area contributed by atoms with Gasteiger partial charge in [-0.15, -0.1) is 0 Å². The number of allylic oxidation sites excluding steroid dienone is 1. The van der Waals surface area contributed by atoms with E-state index in [9.17, 15) is 17.6 Å². The van der Waals surface area contributed by atoms with Crippen LogP contribution in [0.1, 0.15) is 19.8 Å². The predicted molar refractivity (Wildman–Crippen MR) is 57.5 cm³/mol. The van der Waals surface area contributed by atoms with Crippen LogP contribution in [-0.4, -0.2) is 26.6 Å². The highest BCUT2D eigenvalue weighted by Crippen LogP contribution is 2.37. The van der Waals surface area contributed by atoms with Gasteiger partial charge in [-0.3, -0.25) is 4.79 Å². The molecule has 16 heavy (non-hydrogen) atoms. The van der Waals surface area contributed by atoms with Gasteiger partial charge in [-0.2, -0.15) is 0 Å². The molecule has 1 fully saturated rings. The second kappa shape index (κ2) is 4.92. The summed E-state index contributed by atoms with van der Waals surface area (Å²) in [5.74, 6) is -1.90. The van der Waals surface area contributed by atoms with Crippen molar-refractivity contribution in [2.24, 2.45) is 11.1 Å². The molecule has 3 N–H and O–H groups in total. The molecule has 0 heterocycles. The highest BCUT2D eigenvalue weighted by Gasteiger charge is 2.27. The third-order valence-corrected chi connectivity index (χ3v) is 3.18. The lowest BCUT2D eigenvalue weighted by Gasteiger charge is -2.04. The lowest BCUT2D eigenvalue weighted by molar-refractivity contribution is -0.118. The van der Waals surface area contributed by atoms with Crippen LogP contribution < -0.4 is 10.5 Å². The number of sulfonamides is 1. The maximum absolute atomic E-state index is 13.4. The number of hydrogen-bond donors (Lipinski definition) is 2. The second-order valence-corrected chi connectivity index (χ2v) is 5.63. The van der Waals surface area contributed by atoms with Crippen molar-refractivity contribution in [1.29, 1.82) is 0 Å². The Morgan fingerprint density at radius 3 is 2.50 bits per heavy atom. The fourth-order valence-electron chi connectivity index (χ4n) is 1.26. The summed E-state index contributed by atoms with van der Waals surface area (Å²) in [6, 6.07) is 0. The average molecular weight is 250 g/mol. The summed E-state index contributed by atoms with van der Waals surface area (Å²) in [6.45, 7) is 1.40. The van der Waals surface area contributed by atoms with E-state index in [1.807, 2.05) is 0 Å². The summed E-state index contributed by atoms with van der Waals surface area (Å²) < 4.78 is 34.5. The van der Waals surface area contributed by atoms with Crippen molar-refractivity contribution < 1.29 is 17.6 Å². The van der Waals surface area contributed by atoms with Crippen molar-refractivity contribution in [2.75, 3.05) is 12.3 Å². The Balaban J connectivity index is 2.43. The third kappa shape index (κ3) is 4.28. The zero-order chi connectivity index (χ0) is 12.3. The van der Waals surface area contributed by atoms with Crippen LogP contribution in [0.25, 0.3) is 0 Å². The van der Waals surface area contributed by atoms with Gasteiger partial charge in [0.05, 0.1) is 5.75 Å². The van der Waals surface area contributed by atoms with Crippen molar-refractivity contribution in [3.05, 3.63) is 11.4 Å². The fraction of sp³-hybridized carbons (Fsp3) is 0.667. The topological polar surface area (TPSA) is 89.3 Å².